The number of thiazole rings is 1. The van der Waals surface area contributed by atoms with Gasteiger partial charge < -0.3 is 4.74 Å². The molecule has 4 aromatic rings. The summed E-state index contributed by atoms with van der Waals surface area (Å²) in [6, 6.07) is 29.0. The van der Waals surface area contributed by atoms with Gasteiger partial charge in [0, 0.05) is 22.9 Å². The molecule has 0 saturated heterocycles. The van der Waals surface area contributed by atoms with Crippen LogP contribution < -0.4 is 9.75 Å². The van der Waals surface area contributed by atoms with Gasteiger partial charge >= 0.3 is 0 Å². The molecule has 4 nitrogen and oxygen atoms in total. The highest BCUT2D eigenvalue weighted by atomic mass is 32.1. The van der Waals surface area contributed by atoms with Crippen LogP contribution in [0.5, 0.6) is 5.75 Å². The Morgan fingerprint density at radius 1 is 0.900 bits per heavy atom. The molecule has 0 spiro atoms. The maximum absolute atomic E-state index is 5.41. The summed E-state index contributed by atoms with van der Waals surface area (Å²) in [5, 5.41) is 10.1. The molecule has 0 radical (unpaired) electrons. The number of hydrogen-bond donors (Lipinski definition) is 0. The van der Waals surface area contributed by atoms with E-state index in [4.69, 9.17) is 14.8 Å². The van der Waals surface area contributed by atoms with Crippen molar-refractivity contribution in [3.63, 3.8) is 0 Å². The maximum atomic E-state index is 5.41. The normalized spacial score (nSPS) is 15.8. The molecule has 0 amide bonds. The van der Waals surface area contributed by atoms with Crippen LogP contribution in [-0.4, -0.2) is 17.8 Å². The van der Waals surface area contributed by atoms with Crippen LogP contribution in [0.4, 0.5) is 5.13 Å². The summed E-state index contributed by atoms with van der Waals surface area (Å²) >= 11 is 1.63. The Kier molecular flexibility index (Phi) is 5.03. The minimum Gasteiger partial charge on any atom is -0.497 e. The first kappa shape index (κ1) is 18.6. The van der Waals surface area contributed by atoms with Crippen molar-refractivity contribution in [1.29, 1.82) is 0 Å². The predicted molar refractivity (Wildman–Crippen MR) is 123 cm³/mol. The molecule has 30 heavy (non-hydrogen) atoms. The number of hydrogen-bond acceptors (Lipinski definition) is 5. The first-order valence-electron chi connectivity index (χ1n) is 9.89. The number of aromatic nitrogens is 1. The smallest absolute Gasteiger partial charge is 0.207 e. The lowest BCUT2D eigenvalue weighted by atomic mass is 9.98. The van der Waals surface area contributed by atoms with Crippen LogP contribution in [0.2, 0.25) is 0 Å². The van der Waals surface area contributed by atoms with E-state index in [9.17, 15) is 0 Å². The Morgan fingerprint density at radius 3 is 2.40 bits per heavy atom. The van der Waals surface area contributed by atoms with Crippen LogP contribution in [0.1, 0.15) is 23.6 Å². The molecule has 2 heterocycles. The summed E-state index contributed by atoms with van der Waals surface area (Å²) in [5.74, 6) is 0.838. The summed E-state index contributed by atoms with van der Waals surface area (Å²) in [6.45, 7) is 0. The molecule has 3 aromatic carbocycles. The van der Waals surface area contributed by atoms with Gasteiger partial charge in [0.2, 0.25) is 5.13 Å². The lowest BCUT2D eigenvalue weighted by Crippen LogP contribution is -2.18. The lowest BCUT2D eigenvalue weighted by molar-refractivity contribution is 0.414. The average Bonchev–Trinajstić information content (AvgIpc) is 3.48. The van der Waals surface area contributed by atoms with E-state index >= 15 is 0 Å². The Morgan fingerprint density at radius 2 is 1.63 bits per heavy atom. The summed E-state index contributed by atoms with van der Waals surface area (Å²) < 4.78 is 5.41. The largest absolute Gasteiger partial charge is 0.497 e. The first-order chi connectivity index (χ1) is 14.8. The molecular formula is C25H21N3OS. The number of methoxy groups -OCH3 is 1. The third kappa shape index (κ3) is 3.60. The van der Waals surface area contributed by atoms with Gasteiger partial charge in [-0.3, -0.25) is 0 Å². The van der Waals surface area contributed by atoms with Crippen LogP contribution in [0.25, 0.3) is 11.3 Å². The standard InChI is InChI=1S/C25H21N3OS/c1-29-21-14-8-13-20(15-21)22-16-24(19-11-6-3-7-12-19)28(27-22)25-26-23(17-30-25)18-9-4-2-5-10-18/h2-15,17,24H,16H2,1H3. The van der Waals surface area contributed by atoms with Crippen molar-refractivity contribution >= 4 is 22.2 Å². The van der Waals surface area contributed by atoms with Crippen LogP contribution in [0.3, 0.4) is 0 Å². The number of hydrazone groups is 1. The van der Waals surface area contributed by atoms with E-state index in [2.05, 4.69) is 52.9 Å². The zero-order valence-corrected chi connectivity index (χ0v) is 17.4. The van der Waals surface area contributed by atoms with Crippen LogP contribution in [-0.2, 0) is 0 Å². The number of benzene rings is 3. The Balaban J connectivity index is 1.54. The molecule has 1 aliphatic heterocycles. The average molecular weight is 412 g/mol. The molecular weight excluding hydrogens is 390 g/mol. The van der Waals surface area contributed by atoms with Crippen molar-refractivity contribution in [2.75, 3.05) is 12.1 Å². The second-order valence-corrected chi connectivity index (χ2v) is 7.97. The molecule has 1 aromatic heterocycles. The predicted octanol–water partition coefficient (Wildman–Crippen LogP) is 6.17. The summed E-state index contributed by atoms with van der Waals surface area (Å²) in [7, 11) is 1.69. The zero-order chi connectivity index (χ0) is 20.3. The number of rotatable bonds is 5. The summed E-state index contributed by atoms with van der Waals surface area (Å²) in [6.07, 6.45) is 0.817. The SMILES string of the molecule is COc1cccc(C2=NN(c3nc(-c4ccccc4)cs3)C(c3ccccc3)C2)c1. The minimum atomic E-state index is 0.113. The van der Waals surface area contributed by atoms with Crippen molar-refractivity contribution in [1.82, 2.24) is 4.98 Å². The van der Waals surface area contributed by atoms with E-state index in [1.54, 1.807) is 18.4 Å². The van der Waals surface area contributed by atoms with Crippen LogP contribution in [0.15, 0.2) is 95.4 Å². The molecule has 148 valence electrons. The third-order valence-corrected chi connectivity index (χ3v) is 6.09. The maximum Gasteiger partial charge on any atom is 0.207 e. The second kappa shape index (κ2) is 8.13. The van der Waals surface area contributed by atoms with Gasteiger partial charge in [-0.05, 0) is 17.7 Å². The first-order valence-corrected chi connectivity index (χ1v) is 10.8. The number of nitrogens with zero attached hydrogens (tertiary/aromatic N) is 3. The monoisotopic (exact) mass is 411 g/mol. The van der Waals surface area contributed by atoms with Gasteiger partial charge in [0.15, 0.2) is 0 Å². The van der Waals surface area contributed by atoms with Crippen molar-refractivity contribution in [2.45, 2.75) is 12.5 Å². The van der Waals surface area contributed by atoms with E-state index in [0.717, 1.165) is 39.8 Å². The van der Waals surface area contributed by atoms with Crippen molar-refractivity contribution in [3.05, 3.63) is 101 Å². The minimum absolute atomic E-state index is 0.113. The van der Waals surface area contributed by atoms with Crippen molar-refractivity contribution in [3.8, 4) is 17.0 Å². The van der Waals surface area contributed by atoms with Gasteiger partial charge in [0.25, 0.3) is 0 Å². The highest BCUT2D eigenvalue weighted by Gasteiger charge is 2.31. The third-order valence-electron chi connectivity index (χ3n) is 5.26. The molecule has 1 unspecified atom stereocenters. The van der Waals surface area contributed by atoms with Gasteiger partial charge in [0.1, 0.15) is 5.75 Å². The molecule has 0 N–H and O–H groups in total. The van der Waals surface area contributed by atoms with Gasteiger partial charge in [-0.2, -0.15) is 5.10 Å². The van der Waals surface area contributed by atoms with Gasteiger partial charge in [0.05, 0.1) is 24.6 Å². The fourth-order valence-corrected chi connectivity index (χ4v) is 4.54. The van der Waals surface area contributed by atoms with E-state index in [1.807, 2.05) is 42.5 Å². The second-order valence-electron chi connectivity index (χ2n) is 7.14. The molecule has 5 heteroatoms. The number of anilines is 1. The highest BCUT2D eigenvalue weighted by Crippen LogP contribution is 2.39. The van der Waals surface area contributed by atoms with Gasteiger partial charge in [-0.25, -0.2) is 9.99 Å². The molecule has 5 rings (SSSR count). The van der Waals surface area contributed by atoms with Gasteiger partial charge in [-0.1, -0.05) is 72.8 Å². The van der Waals surface area contributed by atoms with Crippen LogP contribution >= 0.6 is 11.3 Å². The molecule has 1 atom stereocenters. The van der Waals surface area contributed by atoms with E-state index < -0.39 is 0 Å². The molecule has 0 fully saturated rings. The highest BCUT2D eigenvalue weighted by molar-refractivity contribution is 7.14. The van der Waals surface area contributed by atoms with Crippen molar-refractivity contribution in [2.24, 2.45) is 5.10 Å². The van der Waals surface area contributed by atoms with Crippen LogP contribution in [0, 0.1) is 0 Å². The fraction of sp³-hybridized carbons (Fsp3) is 0.120. The lowest BCUT2D eigenvalue weighted by Gasteiger charge is -2.21. The van der Waals surface area contributed by atoms with E-state index in [1.165, 1.54) is 5.56 Å². The molecule has 0 aliphatic carbocycles. The quantitative estimate of drug-likeness (QED) is 0.394. The Labute approximate surface area is 180 Å². The zero-order valence-electron chi connectivity index (χ0n) is 16.6. The Hall–Kier alpha value is -3.44. The molecule has 0 saturated carbocycles. The topological polar surface area (TPSA) is 37.7 Å². The van der Waals surface area contributed by atoms with E-state index in [-0.39, 0.29) is 6.04 Å². The number of ether oxygens (including phenoxy) is 1. The summed E-state index contributed by atoms with van der Waals surface area (Å²) in [5.41, 5.74) is 5.45. The molecule has 1 aliphatic rings. The summed E-state index contributed by atoms with van der Waals surface area (Å²) in [4.78, 5) is 4.91. The molecule has 0 bridgehead atoms. The van der Waals surface area contributed by atoms with E-state index in [0.29, 0.717) is 0 Å². The fourth-order valence-electron chi connectivity index (χ4n) is 3.71. The van der Waals surface area contributed by atoms with Gasteiger partial charge in [-0.15, -0.1) is 11.3 Å². The Bertz CT molecular complexity index is 1170. The van der Waals surface area contributed by atoms with Crippen molar-refractivity contribution < 1.29 is 4.74 Å².